The molecule has 0 bridgehead atoms. The lowest BCUT2D eigenvalue weighted by Gasteiger charge is -2.38. The van der Waals surface area contributed by atoms with Gasteiger partial charge in [0.25, 0.3) is 5.91 Å². The summed E-state index contributed by atoms with van der Waals surface area (Å²) < 4.78 is 5.05. The molecule has 2 rings (SSSR count). The summed E-state index contributed by atoms with van der Waals surface area (Å²) in [5.41, 5.74) is -0.445. The number of rotatable bonds is 4. The smallest absolute Gasteiger partial charge is 0.338 e. The van der Waals surface area contributed by atoms with Crippen LogP contribution in [0.25, 0.3) is 0 Å². The minimum Gasteiger partial charge on any atom is -0.452 e. The molecule has 0 heterocycles. The maximum atomic E-state index is 12.3. The van der Waals surface area contributed by atoms with Crippen molar-refractivity contribution in [2.75, 3.05) is 13.7 Å². The second-order valence-corrected chi connectivity index (χ2v) is 6.18. The van der Waals surface area contributed by atoms with Gasteiger partial charge in [0.2, 0.25) is 0 Å². The molecule has 1 amide bonds. The molecule has 1 aliphatic carbocycles. The highest BCUT2D eigenvalue weighted by molar-refractivity contribution is 6.30. The van der Waals surface area contributed by atoms with Crippen molar-refractivity contribution in [2.24, 2.45) is 0 Å². The van der Waals surface area contributed by atoms with Gasteiger partial charge in [0.1, 0.15) is 5.54 Å². The molecule has 0 N–H and O–H groups in total. The number of nitrogens with zero attached hydrogens (tertiary/aromatic N) is 2. The molecular weight excluding hydrogens is 316 g/mol. The number of hydrogen-bond donors (Lipinski definition) is 0. The Hall–Kier alpha value is -2.06. The predicted molar refractivity (Wildman–Crippen MR) is 85.9 cm³/mol. The van der Waals surface area contributed by atoms with Gasteiger partial charge in [0.05, 0.1) is 11.6 Å². The van der Waals surface area contributed by atoms with Gasteiger partial charge in [-0.3, -0.25) is 4.79 Å². The Morgan fingerprint density at radius 3 is 2.43 bits per heavy atom. The Kier molecular flexibility index (Phi) is 5.62. The fraction of sp³-hybridized carbons (Fsp3) is 0.471. The molecule has 1 aliphatic rings. The van der Waals surface area contributed by atoms with Gasteiger partial charge in [0.15, 0.2) is 6.61 Å². The van der Waals surface area contributed by atoms with E-state index in [1.165, 1.54) is 17.0 Å². The van der Waals surface area contributed by atoms with E-state index in [1.54, 1.807) is 19.2 Å². The topological polar surface area (TPSA) is 70.4 Å². The van der Waals surface area contributed by atoms with Crippen LogP contribution in [0.5, 0.6) is 0 Å². The lowest BCUT2D eigenvalue weighted by Crippen LogP contribution is -2.51. The van der Waals surface area contributed by atoms with Gasteiger partial charge in [-0.1, -0.05) is 30.9 Å². The van der Waals surface area contributed by atoms with Crippen molar-refractivity contribution in [2.45, 2.75) is 37.6 Å². The van der Waals surface area contributed by atoms with Crippen LogP contribution in [0.15, 0.2) is 24.3 Å². The Balaban J connectivity index is 1.94. The van der Waals surface area contributed by atoms with Crippen LogP contribution < -0.4 is 0 Å². The molecule has 0 aromatic heterocycles. The summed E-state index contributed by atoms with van der Waals surface area (Å²) in [7, 11) is 1.60. The summed E-state index contributed by atoms with van der Waals surface area (Å²) in [6.45, 7) is -0.374. The van der Waals surface area contributed by atoms with E-state index in [4.69, 9.17) is 16.3 Å². The van der Waals surface area contributed by atoms with Crippen LogP contribution in [0.4, 0.5) is 0 Å². The quantitative estimate of drug-likeness (QED) is 0.793. The van der Waals surface area contributed by atoms with Crippen LogP contribution in [0.2, 0.25) is 5.02 Å². The van der Waals surface area contributed by atoms with Crippen LogP contribution in [0.3, 0.4) is 0 Å². The van der Waals surface area contributed by atoms with E-state index in [1.807, 2.05) is 0 Å². The second kappa shape index (κ2) is 7.47. The lowest BCUT2D eigenvalue weighted by atomic mass is 9.81. The number of esters is 1. The number of halogens is 1. The number of carbonyl (C=O) groups is 2. The molecule has 23 heavy (non-hydrogen) atoms. The Morgan fingerprint density at radius 1 is 1.26 bits per heavy atom. The van der Waals surface area contributed by atoms with Crippen molar-refractivity contribution in [3.05, 3.63) is 34.9 Å². The minimum absolute atomic E-state index is 0.331. The zero-order valence-corrected chi connectivity index (χ0v) is 13.8. The maximum absolute atomic E-state index is 12.3. The van der Waals surface area contributed by atoms with E-state index in [9.17, 15) is 14.9 Å². The van der Waals surface area contributed by atoms with Gasteiger partial charge in [-0.25, -0.2) is 4.79 Å². The molecule has 122 valence electrons. The van der Waals surface area contributed by atoms with Crippen LogP contribution in [0.1, 0.15) is 42.5 Å². The van der Waals surface area contributed by atoms with Crippen molar-refractivity contribution in [3.8, 4) is 6.07 Å². The first kappa shape index (κ1) is 17.3. The number of nitriles is 1. The fourth-order valence-corrected chi connectivity index (χ4v) is 2.92. The van der Waals surface area contributed by atoms with Gasteiger partial charge < -0.3 is 9.64 Å². The summed E-state index contributed by atoms with van der Waals surface area (Å²) in [5, 5.41) is 10.00. The number of ether oxygens (including phenoxy) is 1. The van der Waals surface area contributed by atoms with Crippen molar-refractivity contribution >= 4 is 23.5 Å². The van der Waals surface area contributed by atoms with E-state index in [0.717, 1.165) is 19.3 Å². The third-order valence-corrected chi connectivity index (χ3v) is 4.56. The molecule has 0 radical (unpaired) electrons. The van der Waals surface area contributed by atoms with Crippen molar-refractivity contribution < 1.29 is 14.3 Å². The maximum Gasteiger partial charge on any atom is 0.338 e. The van der Waals surface area contributed by atoms with Gasteiger partial charge in [-0.15, -0.1) is 0 Å². The molecule has 0 saturated heterocycles. The van der Waals surface area contributed by atoms with E-state index in [-0.39, 0.29) is 12.5 Å². The monoisotopic (exact) mass is 334 g/mol. The molecule has 1 saturated carbocycles. The molecule has 1 aromatic carbocycles. The van der Waals surface area contributed by atoms with Crippen molar-refractivity contribution in [3.63, 3.8) is 0 Å². The van der Waals surface area contributed by atoms with E-state index >= 15 is 0 Å². The largest absolute Gasteiger partial charge is 0.452 e. The fourth-order valence-electron chi connectivity index (χ4n) is 2.79. The van der Waals surface area contributed by atoms with E-state index in [2.05, 4.69) is 6.07 Å². The van der Waals surface area contributed by atoms with Crippen LogP contribution in [-0.2, 0) is 9.53 Å². The van der Waals surface area contributed by atoms with Gasteiger partial charge >= 0.3 is 5.97 Å². The Morgan fingerprint density at radius 2 is 1.87 bits per heavy atom. The van der Waals surface area contributed by atoms with Crippen LogP contribution in [0, 0.1) is 11.3 Å². The summed E-state index contributed by atoms with van der Waals surface area (Å²) in [4.78, 5) is 25.6. The number of carbonyl (C=O) groups excluding carboxylic acids is 2. The Bertz CT molecular complexity index is 616. The highest BCUT2D eigenvalue weighted by Crippen LogP contribution is 2.32. The van der Waals surface area contributed by atoms with Crippen LogP contribution >= 0.6 is 11.6 Å². The molecule has 1 fully saturated rings. The van der Waals surface area contributed by atoms with E-state index < -0.39 is 11.5 Å². The number of amides is 1. The summed E-state index contributed by atoms with van der Waals surface area (Å²) >= 11 is 5.76. The summed E-state index contributed by atoms with van der Waals surface area (Å²) in [6.07, 6.45) is 4.26. The van der Waals surface area contributed by atoms with E-state index in [0.29, 0.717) is 23.4 Å². The first-order valence-corrected chi connectivity index (χ1v) is 7.97. The third kappa shape index (κ3) is 4.02. The number of benzene rings is 1. The normalized spacial score (nSPS) is 16.2. The highest BCUT2D eigenvalue weighted by atomic mass is 35.5. The number of hydrogen-bond acceptors (Lipinski definition) is 4. The molecule has 6 heteroatoms. The number of likely N-dealkylation sites (N-methyl/N-ethyl adjacent to an activating group) is 1. The minimum atomic E-state index is -0.776. The van der Waals surface area contributed by atoms with Crippen molar-refractivity contribution in [1.29, 1.82) is 5.26 Å². The molecular formula is C17H19ClN2O3. The molecule has 1 aromatic rings. The first-order valence-electron chi connectivity index (χ1n) is 7.59. The van der Waals surface area contributed by atoms with Crippen LogP contribution in [-0.4, -0.2) is 36.0 Å². The molecule has 0 spiro atoms. The summed E-state index contributed by atoms with van der Waals surface area (Å²) in [6, 6.07) is 8.51. The Labute approximate surface area is 140 Å². The highest BCUT2D eigenvalue weighted by Gasteiger charge is 2.38. The third-order valence-electron chi connectivity index (χ3n) is 4.31. The standard InChI is InChI=1S/C17H19ClN2O3/c1-20(17(12-19)9-3-2-4-10-17)15(21)11-23-16(22)13-5-7-14(18)8-6-13/h5-8H,2-4,9-11H2,1H3. The molecule has 0 unspecified atom stereocenters. The zero-order chi connectivity index (χ0) is 16.9. The summed E-state index contributed by atoms with van der Waals surface area (Å²) in [5.74, 6) is -0.950. The van der Waals surface area contributed by atoms with Gasteiger partial charge in [0, 0.05) is 12.1 Å². The average molecular weight is 335 g/mol. The second-order valence-electron chi connectivity index (χ2n) is 5.74. The first-order chi connectivity index (χ1) is 11.0. The zero-order valence-electron chi connectivity index (χ0n) is 13.0. The predicted octanol–water partition coefficient (Wildman–Crippen LogP) is 3.18. The molecule has 5 nitrogen and oxygen atoms in total. The molecule has 0 atom stereocenters. The molecule has 0 aliphatic heterocycles. The average Bonchev–Trinajstić information content (AvgIpc) is 2.59. The SMILES string of the molecule is CN(C(=O)COC(=O)c1ccc(Cl)cc1)C1(C#N)CCCCC1. The van der Waals surface area contributed by atoms with Crippen molar-refractivity contribution in [1.82, 2.24) is 4.90 Å². The van der Waals surface area contributed by atoms with Gasteiger partial charge in [-0.2, -0.15) is 5.26 Å². The van der Waals surface area contributed by atoms with Gasteiger partial charge in [-0.05, 0) is 37.1 Å². The lowest BCUT2D eigenvalue weighted by molar-refractivity contribution is -0.138.